The Labute approximate surface area is 149 Å². The second-order valence-electron chi connectivity index (χ2n) is 4.49. The van der Waals surface area contributed by atoms with E-state index in [-0.39, 0.29) is 5.78 Å². The van der Waals surface area contributed by atoms with Crippen LogP contribution in [0.1, 0.15) is 15.2 Å². The number of halogens is 3. The first-order valence-electron chi connectivity index (χ1n) is 6.26. The Hall–Kier alpha value is -1.31. The van der Waals surface area contributed by atoms with Crippen LogP contribution in [-0.2, 0) is 0 Å². The zero-order valence-electron chi connectivity index (χ0n) is 11.0. The van der Waals surface area contributed by atoms with Crippen LogP contribution >= 0.6 is 45.5 Å². The lowest BCUT2D eigenvalue weighted by atomic mass is 10.1. The Morgan fingerprint density at radius 3 is 2.73 bits per heavy atom. The van der Waals surface area contributed by atoms with Gasteiger partial charge in [0.15, 0.2) is 0 Å². The first-order chi connectivity index (χ1) is 10.5. The first kappa shape index (κ1) is 15.6. The minimum Gasteiger partial charge on any atom is -0.288 e. The Bertz CT molecular complexity index is 848. The minimum absolute atomic E-state index is 0.116. The van der Waals surface area contributed by atoms with E-state index in [9.17, 15) is 9.18 Å². The number of ketones is 1. The number of hydrogen-bond acceptors (Lipinski definition) is 3. The van der Waals surface area contributed by atoms with Gasteiger partial charge in [-0.2, -0.15) is 4.39 Å². The molecule has 3 aromatic rings. The number of thiophene rings is 1. The molecule has 0 fully saturated rings. The summed E-state index contributed by atoms with van der Waals surface area (Å²) in [4.78, 5) is 17.6. The van der Waals surface area contributed by atoms with Gasteiger partial charge in [-0.05, 0) is 65.1 Å². The summed E-state index contributed by atoms with van der Waals surface area (Å²) in [6, 6.07) is 11.9. The predicted octanol–water partition coefficient (Wildman–Crippen LogP) is 5.44. The molecular formula is C16H8ClFINOS. The van der Waals surface area contributed by atoms with Crippen LogP contribution < -0.4 is 0 Å². The van der Waals surface area contributed by atoms with E-state index in [1.165, 1.54) is 23.6 Å². The molecule has 0 aliphatic rings. The van der Waals surface area contributed by atoms with Gasteiger partial charge in [0, 0.05) is 25.8 Å². The van der Waals surface area contributed by atoms with Crippen molar-refractivity contribution in [2.75, 3.05) is 0 Å². The summed E-state index contributed by atoms with van der Waals surface area (Å²) in [6.45, 7) is 0. The summed E-state index contributed by atoms with van der Waals surface area (Å²) in [5.74, 6) is -0.642. The van der Waals surface area contributed by atoms with Gasteiger partial charge in [-0.25, -0.2) is 4.98 Å². The Balaban J connectivity index is 1.95. The molecule has 6 heteroatoms. The summed E-state index contributed by atoms with van der Waals surface area (Å²) >= 11 is 9.59. The van der Waals surface area contributed by atoms with Crippen molar-refractivity contribution in [3.05, 3.63) is 73.6 Å². The highest BCUT2D eigenvalue weighted by Crippen LogP contribution is 2.30. The van der Waals surface area contributed by atoms with Crippen molar-refractivity contribution in [1.82, 2.24) is 4.98 Å². The van der Waals surface area contributed by atoms with Crippen LogP contribution in [0.25, 0.3) is 10.4 Å². The summed E-state index contributed by atoms with van der Waals surface area (Å²) in [5.41, 5.74) is 1.26. The SMILES string of the molecule is O=C(c1ccc(-c2ccc(F)nc2)s1)c1cc(I)ccc1Cl. The van der Waals surface area contributed by atoms with Crippen molar-refractivity contribution >= 4 is 51.3 Å². The van der Waals surface area contributed by atoms with Crippen molar-refractivity contribution < 1.29 is 9.18 Å². The van der Waals surface area contributed by atoms with Crippen LogP contribution in [0.5, 0.6) is 0 Å². The maximum absolute atomic E-state index is 12.9. The van der Waals surface area contributed by atoms with Gasteiger partial charge >= 0.3 is 0 Å². The van der Waals surface area contributed by atoms with Crippen LogP contribution in [0, 0.1) is 9.52 Å². The molecule has 2 nitrogen and oxygen atoms in total. The van der Waals surface area contributed by atoms with E-state index < -0.39 is 5.95 Å². The number of carbonyl (C=O) groups is 1. The number of pyridine rings is 1. The maximum Gasteiger partial charge on any atom is 0.212 e. The van der Waals surface area contributed by atoms with Crippen molar-refractivity contribution in [3.63, 3.8) is 0 Å². The third-order valence-corrected chi connectivity index (χ3v) is 5.15. The summed E-state index contributed by atoms with van der Waals surface area (Å²) in [7, 11) is 0. The topological polar surface area (TPSA) is 30.0 Å². The lowest BCUT2D eigenvalue weighted by molar-refractivity contribution is 0.104. The number of rotatable bonds is 3. The van der Waals surface area contributed by atoms with Gasteiger partial charge in [-0.3, -0.25) is 4.79 Å². The summed E-state index contributed by atoms with van der Waals surface area (Å²) < 4.78 is 13.8. The zero-order valence-corrected chi connectivity index (χ0v) is 14.7. The number of carbonyl (C=O) groups excluding carboxylic acids is 1. The van der Waals surface area contributed by atoms with Crippen LogP contribution in [0.4, 0.5) is 4.39 Å². The summed E-state index contributed by atoms with van der Waals surface area (Å²) in [5, 5.41) is 0.434. The normalized spacial score (nSPS) is 10.7. The predicted molar refractivity (Wildman–Crippen MR) is 95.1 cm³/mol. The fourth-order valence-electron chi connectivity index (χ4n) is 1.94. The fourth-order valence-corrected chi connectivity index (χ4v) is 3.59. The molecule has 0 unspecified atom stereocenters. The van der Waals surface area contributed by atoms with Crippen LogP contribution in [0.3, 0.4) is 0 Å². The lowest BCUT2D eigenvalue weighted by Crippen LogP contribution is -1.99. The van der Waals surface area contributed by atoms with E-state index >= 15 is 0 Å². The average Bonchev–Trinajstić information content (AvgIpc) is 2.99. The number of aromatic nitrogens is 1. The van der Waals surface area contributed by atoms with E-state index in [0.717, 1.165) is 14.0 Å². The standard InChI is InChI=1S/C16H8ClFINOS/c17-12-3-2-10(19)7-11(12)16(21)14-5-4-13(22-14)9-1-6-15(18)20-8-9/h1-8H. The molecule has 22 heavy (non-hydrogen) atoms. The Morgan fingerprint density at radius 1 is 1.18 bits per heavy atom. The molecule has 2 aromatic heterocycles. The van der Waals surface area contributed by atoms with Gasteiger partial charge in [-0.15, -0.1) is 11.3 Å². The van der Waals surface area contributed by atoms with E-state index in [1.807, 2.05) is 12.1 Å². The summed E-state index contributed by atoms with van der Waals surface area (Å²) in [6.07, 6.45) is 1.45. The molecule has 0 aliphatic heterocycles. The third-order valence-electron chi connectivity index (χ3n) is 3.01. The average molecular weight is 444 g/mol. The zero-order chi connectivity index (χ0) is 15.7. The van der Waals surface area contributed by atoms with Gasteiger partial charge in [0.1, 0.15) is 0 Å². The van der Waals surface area contributed by atoms with Crippen LogP contribution in [0.2, 0.25) is 5.02 Å². The van der Waals surface area contributed by atoms with E-state index in [1.54, 1.807) is 24.3 Å². The molecule has 2 heterocycles. The fraction of sp³-hybridized carbons (Fsp3) is 0. The maximum atomic E-state index is 12.9. The highest BCUT2D eigenvalue weighted by atomic mass is 127. The monoisotopic (exact) mass is 443 g/mol. The second kappa shape index (κ2) is 6.44. The molecule has 0 saturated carbocycles. The molecule has 3 rings (SSSR count). The van der Waals surface area contributed by atoms with E-state index in [2.05, 4.69) is 27.6 Å². The molecule has 0 spiro atoms. The smallest absolute Gasteiger partial charge is 0.212 e. The molecular weight excluding hydrogens is 436 g/mol. The highest BCUT2D eigenvalue weighted by molar-refractivity contribution is 14.1. The molecule has 110 valence electrons. The number of benzene rings is 1. The molecule has 0 radical (unpaired) electrons. The van der Waals surface area contributed by atoms with Gasteiger partial charge in [0.05, 0.1) is 9.90 Å². The van der Waals surface area contributed by atoms with Crippen molar-refractivity contribution in [2.24, 2.45) is 0 Å². The molecule has 1 aromatic carbocycles. The molecule has 0 atom stereocenters. The Kier molecular flexibility index (Phi) is 4.56. The van der Waals surface area contributed by atoms with Crippen LogP contribution in [-0.4, -0.2) is 10.8 Å². The largest absolute Gasteiger partial charge is 0.288 e. The van der Waals surface area contributed by atoms with Gasteiger partial charge in [0.2, 0.25) is 11.7 Å². The number of nitrogens with zero attached hydrogens (tertiary/aromatic N) is 1. The van der Waals surface area contributed by atoms with E-state index in [4.69, 9.17) is 11.6 Å². The second-order valence-corrected chi connectivity index (χ2v) is 7.22. The van der Waals surface area contributed by atoms with Crippen molar-refractivity contribution in [2.45, 2.75) is 0 Å². The van der Waals surface area contributed by atoms with Crippen LogP contribution in [0.15, 0.2) is 48.7 Å². The van der Waals surface area contributed by atoms with Gasteiger partial charge in [-0.1, -0.05) is 11.6 Å². The minimum atomic E-state index is -0.526. The van der Waals surface area contributed by atoms with Crippen molar-refractivity contribution in [3.8, 4) is 10.4 Å². The third kappa shape index (κ3) is 3.21. The quantitative estimate of drug-likeness (QED) is 0.307. The van der Waals surface area contributed by atoms with E-state index in [0.29, 0.717) is 15.5 Å². The van der Waals surface area contributed by atoms with Crippen molar-refractivity contribution in [1.29, 1.82) is 0 Å². The molecule has 0 saturated heterocycles. The molecule has 0 bridgehead atoms. The van der Waals surface area contributed by atoms with Gasteiger partial charge < -0.3 is 0 Å². The number of hydrogen-bond donors (Lipinski definition) is 0. The van der Waals surface area contributed by atoms with Gasteiger partial charge in [0.25, 0.3) is 0 Å². The molecule has 0 N–H and O–H groups in total. The Morgan fingerprint density at radius 2 is 2.00 bits per heavy atom. The molecule has 0 aliphatic carbocycles. The molecule has 0 amide bonds. The first-order valence-corrected chi connectivity index (χ1v) is 8.53. The highest BCUT2D eigenvalue weighted by Gasteiger charge is 2.16. The lowest BCUT2D eigenvalue weighted by Gasteiger charge is -2.02.